The fourth-order valence-corrected chi connectivity index (χ4v) is 2.03. The van der Waals surface area contributed by atoms with Crippen molar-refractivity contribution in [3.05, 3.63) is 29.3 Å². The van der Waals surface area contributed by atoms with E-state index in [9.17, 15) is 18.3 Å². The average molecular weight is 246 g/mol. The lowest BCUT2D eigenvalue weighted by Gasteiger charge is -2.21. The summed E-state index contributed by atoms with van der Waals surface area (Å²) in [4.78, 5) is 0. The van der Waals surface area contributed by atoms with Crippen molar-refractivity contribution in [2.45, 2.75) is 38.1 Å². The number of alkyl halides is 3. The third-order valence-corrected chi connectivity index (χ3v) is 2.73. The molecule has 0 spiro atoms. The second-order valence-electron chi connectivity index (χ2n) is 4.82. The minimum Gasteiger partial charge on any atom is -0.487 e. The van der Waals surface area contributed by atoms with Gasteiger partial charge in [-0.1, -0.05) is 18.2 Å². The van der Waals surface area contributed by atoms with Gasteiger partial charge in [-0.05, 0) is 19.4 Å². The first kappa shape index (κ1) is 12.2. The smallest absolute Gasteiger partial charge is 0.418 e. The van der Waals surface area contributed by atoms with E-state index in [2.05, 4.69) is 0 Å². The molecule has 1 aromatic rings. The lowest BCUT2D eigenvalue weighted by Crippen LogP contribution is -2.26. The Labute approximate surface area is 97.0 Å². The second-order valence-corrected chi connectivity index (χ2v) is 4.82. The highest BCUT2D eigenvalue weighted by molar-refractivity contribution is 5.47. The number of halogens is 3. The van der Waals surface area contributed by atoms with Gasteiger partial charge in [-0.3, -0.25) is 0 Å². The maximum atomic E-state index is 12.5. The number of fused-ring (bicyclic) bond motifs is 1. The van der Waals surface area contributed by atoms with Crippen LogP contribution >= 0.6 is 0 Å². The Morgan fingerprint density at radius 2 is 2.00 bits per heavy atom. The Balaban J connectivity index is 2.43. The molecule has 0 saturated heterocycles. The van der Waals surface area contributed by atoms with Crippen LogP contribution in [0.2, 0.25) is 0 Å². The van der Waals surface area contributed by atoms with E-state index in [1.165, 1.54) is 12.1 Å². The Morgan fingerprint density at radius 3 is 2.59 bits per heavy atom. The Kier molecular flexibility index (Phi) is 2.61. The second kappa shape index (κ2) is 3.63. The highest BCUT2D eigenvalue weighted by Gasteiger charge is 2.43. The molecule has 0 bridgehead atoms. The predicted octanol–water partition coefficient (Wildman–Crippen LogP) is 3.00. The molecule has 1 heterocycles. The van der Waals surface area contributed by atoms with Crippen LogP contribution in [-0.2, 0) is 6.42 Å². The number of aliphatic hydroxyl groups excluding tert-OH is 1. The molecule has 1 aliphatic heterocycles. The highest BCUT2D eigenvalue weighted by Crippen LogP contribution is 2.43. The molecule has 0 saturated carbocycles. The van der Waals surface area contributed by atoms with Gasteiger partial charge in [0.1, 0.15) is 11.4 Å². The van der Waals surface area contributed by atoms with Gasteiger partial charge in [0.15, 0.2) is 6.10 Å². The molecule has 94 valence electrons. The molecule has 0 aromatic heterocycles. The molecule has 1 aromatic carbocycles. The molecule has 1 atom stereocenters. The molecule has 0 radical (unpaired) electrons. The van der Waals surface area contributed by atoms with Gasteiger partial charge in [-0.25, -0.2) is 0 Å². The standard InChI is InChI=1S/C12H13F3O2/c1-11(2)6-7-4-3-5-8(9(7)17-11)10(16)12(13,14)15/h3-5,10,16H,6H2,1-2H3. The maximum absolute atomic E-state index is 12.5. The van der Waals surface area contributed by atoms with Crippen LogP contribution < -0.4 is 4.74 Å². The average Bonchev–Trinajstić information content (AvgIpc) is 2.48. The van der Waals surface area contributed by atoms with Crippen LogP contribution in [0, 0.1) is 0 Å². The lowest BCUT2D eigenvalue weighted by molar-refractivity contribution is -0.207. The van der Waals surface area contributed by atoms with Crippen molar-refractivity contribution in [2.24, 2.45) is 0 Å². The van der Waals surface area contributed by atoms with Gasteiger partial charge in [0.2, 0.25) is 0 Å². The maximum Gasteiger partial charge on any atom is 0.418 e. The summed E-state index contributed by atoms with van der Waals surface area (Å²) in [5.74, 6) is 0.169. The summed E-state index contributed by atoms with van der Waals surface area (Å²) in [6.45, 7) is 3.60. The normalized spacial score (nSPS) is 19.6. The molecule has 2 rings (SSSR count). The predicted molar refractivity (Wildman–Crippen MR) is 55.9 cm³/mol. The number of hydrogen-bond acceptors (Lipinski definition) is 2. The highest BCUT2D eigenvalue weighted by atomic mass is 19.4. The monoisotopic (exact) mass is 246 g/mol. The molecule has 0 amide bonds. The van der Waals surface area contributed by atoms with Crippen LogP contribution in [0.3, 0.4) is 0 Å². The van der Waals surface area contributed by atoms with Crippen molar-refractivity contribution in [2.75, 3.05) is 0 Å². The summed E-state index contributed by atoms with van der Waals surface area (Å²) in [6, 6.07) is 4.48. The molecule has 1 N–H and O–H groups in total. The first-order chi connectivity index (χ1) is 7.71. The summed E-state index contributed by atoms with van der Waals surface area (Å²) in [5.41, 5.74) is -0.0274. The number of aliphatic hydroxyl groups is 1. The number of rotatable bonds is 1. The van der Waals surface area contributed by atoms with E-state index in [1.54, 1.807) is 19.9 Å². The van der Waals surface area contributed by atoms with Crippen LogP contribution in [0.15, 0.2) is 18.2 Å². The van der Waals surface area contributed by atoms with Crippen LogP contribution in [0.25, 0.3) is 0 Å². The SMILES string of the molecule is CC1(C)Cc2cccc(C(O)C(F)(F)F)c2O1. The molecule has 1 unspecified atom stereocenters. The van der Waals surface area contributed by atoms with Crippen molar-refractivity contribution in [3.63, 3.8) is 0 Å². The van der Waals surface area contributed by atoms with Crippen LogP contribution in [0.4, 0.5) is 13.2 Å². The van der Waals surface area contributed by atoms with Crippen molar-refractivity contribution >= 4 is 0 Å². The van der Waals surface area contributed by atoms with Crippen LogP contribution in [-0.4, -0.2) is 16.9 Å². The van der Waals surface area contributed by atoms with E-state index in [0.29, 0.717) is 12.0 Å². The van der Waals surface area contributed by atoms with Gasteiger partial charge >= 0.3 is 6.18 Å². The number of hydrogen-bond donors (Lipinski definition) is 1. The molecule has 0 fully saturated rings. The van der Waals surface area contributed by atoms with E-state index in [4.69, 9.17) is 4.74 Å². The zero-order chi connectivity index (χ0) is 12.8. The zero-order valence-electron chi connectivity index (χ0n) is 9.51. The molecule has 0 aliphatic carbocycles. The fourth-order valence-electron chi connectivity index (χ4n) is 2.03. The third kappa shape index (κ3) is 2.24. The Morgan fingerprint density at radius 1 is 1.35 bits per heavy atom. The molecular weight excluding hydrogens is 233 g/mol. The summed E-state index contributed by atoms with van der Waals surface area (Å²) in [7, 11) is 0. The number of benzene rings is 1. The Hall–Kier alpha value is -1.23. The van der Waals surface area contributed by atoms with Crippen molar-refractivity contribution in [1.82, 2.24) is 0 Å². The summed E-state index contributed by atoms with van der Waals surface area (Å²) < 4.78 is 43.0. The summed E-state index contributed by atoms with van der Waals surface area (Å²) >= 11 is 0. The van der Waals surface area contributed by atoms with Gasteiger partial charge in [-0.2, -0.15) is 13.2 Å². The van der Waals surface area contributed by atoms with E-state index in [-0.39, 0.29) is 11.3 Å². The topological polar surface area (TPSA) is 29.5 Å². The first-order valence-electron chi connectivity index (χ1n) is 5.26. The van der Waals surface area contributed by atoms with Crippen LogP contribution in [0.5, 0.6) is 5.75 Å². The summed E-state index contributed by atoms with van der Waals surface area (Å²) in [6.07, 6.45) is -6.63. The van der Waals surface area contributed by atoms with Gasteiger partial charge in [0.25, 0.3) is 0 Å². The fraction of sp³-hybridized carbons (Fsp3) is 0.500. The van der Waals surface area contributed by atoms with Gasteiger partial charge in [-0.15, -0.1) is 0 Å². The largest absolute Gasteiger partial charge is 0.487 e. The van der Waals surface area contributed by atoms with E-state index < -0.39 is 17.9 Å². The first-order valence-corrected chi connectivity index (χ1v) is 5.26. The number of ether oxygens (including phenoxy) is 1. The van der Waals surface area contributed by atoms with Gasteiger partial charge in [0.05, 0.1) is 0 Å². The minimum atomic E-state index is -4.68. The molecular formula is C12H13F3O2. The quantitative estimate of drug-likeness (QED) is 0.825. The van der Waals surface area contributed by atoms with E-state index >= 15 is 0 Å². The van der Waals surface area contributed by atoms with E-state index in [0.717, 1.165) is 0 Å². The van der Waals surface area contributed by atoms with Gasteiger partial charge < -0.3 is 9.84 Å². The molecule has 2 nitrogen and oxygen atoms in total. The van der Waals surface area contributed by atoms with Crippen molar-refractivity contribution in [3.8, 4) is 5.75 Å². The van der Waals surface area contributed by atoms with E-state index in [1.807, 2.05) is 0 Å². The van der Waals surface area contributed by atoms with Gasteiger partial charge in [0, 0.05) is 12.0 Å². The minimum absolute atomic E-state index is 0.169. The van der Waals surface area contributed by atoms with Crippen molar-refractivity contribution < 1.29 is 23.0 Å². The number of para-hydroxylation sites is 1. The Bertz CT molecular complexity index is 438. The zero-order valence-corrected chi connectivity index (χ0v) is 9.51. The third-order valence-electron chi connectivity index (χ3n) is 2.73. The molecule has 5 heteroatoms. The summed E-state index contributed by atoms with van der Waals surface area (Å²) in [5, 5.41) is 9.29. The van der Waals surface area contributed by atoms with Crippen molar-refractivity contribution in [1.29, 1.82) is 0 Å². The molecule has 17 heavy (non-hydrogen) atoms. The molecule has 1 aliphatic rings. The lowest BCUT2D eigenvalue weighted by atomic mass is 9.99. The van der Waals surface area contributed by atoms with Crippen LogP contribution in [0.1, 0.15) is 31.1 Å².